The topological polar surface area (TPSA) is 46.5 Å². The molecule has 2 unspecified atom stereocenters. The van der Waals surface area contributed by atoms with Crippen LogP contribution in [0, 0.1) is 0 Å². The van der Waals surface area contributed by atoms with Gasteiger partial charge in [0, 0.05) is 12.4 Å². The third kappa shape index (κ3) is 6.49. The summed E-state index contributed by atoms with van der Waals surface area (Å²) < 4.78 is 5.02. The van der Waals surface area contributed by atoms with E-state index in [9.17, 15) is 4.79 Å². The van der Waals surface area contributed by atoms with Crippen LogP contribution in [-0.2, 0) is 9.53 Å². The van der Waals surface area contributed by atoms with Crippen LogP contribution in [0.25, 0.3) is 0 Å². The first-order valence-corrected chi connectivity index (χ1v) is 4.50. The zero-order valence-electron chi connectivity index (χ0n) is 7.49. The van der Waals surface area contributed by atoms with E-state index in [-0.39, 0.29) is 17.8 Å². The fourth-order valence-electron chi connectivity index (χ4n) is 0.849. The van der Waals surface area contributed by atoms with Crippen molar-refractivity contribution in [3.8, 4) is 0 Å². The van der Waals surface area contributed by atoms with Gasteiger partial charge in [0.1, 0.15) is 0 Å². The Labute approximate surface area is 78.5 Å². The Kier molecular flexibility index (Phi) is 6.20. The molecular formula is C8H16O3S. The Bertz CT molecular complexity index is 138. The van der Waals surface area contributed by atoms with Crippen LogP contribution >= 0.6 is 12.6 Å². The maximum Gasteiger partial charge on any atom is 0.304 e. The van der Waals surface area contributed by atoms with Crippen molar-refractivity contribution in [2.45, 2.75) is 37.5 Å². The van der Waals surface area contributed by atoms with Gasteiger partial charge in [-0.3, -0.25) is 4.79 Å². The standard InChI is InChI=1S/C8H16O3S/c1-6(11-2)3-4-7(12)5-8(9)10/h6-7,12H,3-5H2,1-2H3,(H,9,10). The summed E-state index contributed by atoms with van der Waals surface area (Å²) in [5.74, 6) is -0.792. The lowest BCUT2D eigenvalue weighted by Crippen LogP contribution is -2.11. The summed E-state index contributed by atoms with van der Waals surface area (Å²) in [6.45, 7) is 1.96. The van der Waals surface area contributed by atoms with Crippen molar-refractivity contribution in [3.05, 3.63) is 0 Å². The van der Waals surface area contributed by atoms with Crippen molar-refractivity contribution in [3.63, 3.8) is 0 Å². The third-order valence-electron chi connectivity index (χ3n) is 1.72. The molecule has 0 heterocycles. The third-order valence-corrected chi connectivity index (χ3v) is 2.16. The lowest BCUT2D eigenvalue weighted by Gasteiger charge is -2.11. The van der Waals surface area contributed by atoms with E-state index in [1.807, 2.05) is 6.92 Å². The number of hydrogen-bond acceptors (Lipinski definition) is 3. The fourth-order valence-corrected chi connectivity index (χ4v) is 1.15. The molecule has 0 radical (unpaired) electrons. The van der Waals surface area contributed by atoms with E-state index < -0.39 is 5.97 Å². The average molecular weight is 192 g/mol. The first-order chi connectivity index (χ1) is 5.56. The van der Waals surface area contributed by atoms with Crippen LogP contribution in [0.4, 0.5) is 0 Å². The molecule has 0 fully saturated rings. The van der Waals surface area contributed by atoms with Crippen molar-refractivity contribution in [1.29, 1.82) is 0 Å². The van der Waals surface area contributed by atoms with Gasteiger partial charge in [-0.25, -0.2) is 0 Å². The lowest BCUT2D eigenvalue weighted by atomic mass is 10.1. The van der Waals surface area contributed by atoms with Gasteiger partial charge in [0.25, 0.3) is 0 Å². The van der Waals surface area contributed by atoms with Crippen LogP contribution in [0.15, 0.2) is 0 Å². The Balaban J connectivity index is 3.43. The Morgan fingerprint density at radius 2 is 2.17 bits per heavy atom. The number of ether oxygens (including phenoxy) is 1. The summed E-state index contributed by atoms with van der Waals surface area (Å²) in [6, 6.07) is 0. The molecule has 72 valence electrons. The van der Waals surface area contributed by atoms with Crippen molar-refractivity contribution in [2.24, 2.45) is 0 Å². The van der Waals surface area contributed by atoms with Gasteiger partial charge >= 0.3 is 5.97 Å². The number of carboxylic acids is 1. The molecule has 0 saturated heterocycles. The number of carboxylic acid groups (broad SMARTS) is 1. The minimum atomic E-state index is -0.792. The molecule has 2 atom stereocenters. The molecule has 0 aromatic heterocycles. The second-order valence-corrected chi connectivity index (χ2v) is 3.61. The number of thiol groups is 1. The first kappa shape index (κ1) is 11.8. The molecule has 0 spiro atoms. The van der Waals surface area contributed by atoms with Gasteiger partial charge in [-0.1, -0.05) is 0 Å². The van der Waals surface area contributed by atoms with Gasteiger partial charge in [0.2, 0.25) is 0 Å². The summed E-state index contributed by atoms with van der Waals surface area (Å²) in [5, 5.41) is 8.37. The fraction of sp³-hybridized carbons (Fsp3) is 0.875. The van der Waals surface area contributed by atoms with E-state index in [4.69, 9.17) is 9.84 Å². The van der Waals surface area contributed by atoms with Crippen LogP contribution < -0.4 is 0 Å². The van der Waals surface area contributed by atoms with Crippen molar-refractivity contribution >= 4 is 18.6 Å². The molecule has 0 aromatic rings. The predicted octanol–water partition coefficient (Wildman–Crippen LogP) is 1.57. The van der Waals surface area contributed by atoms with E-state index in [0.29, 0.717) is 0 Å². The van der Waals surface area contributed by atoms with E-state index in [0.717, 1.165) is 12.8 Å². The lowest BCUT2D eigenvalue weighted by molar-refractivity contribution is -0.137. The molecule has 0 amide bonds. The Hall–Kier alpha value is -0.220. The predicted molar refractivity (Wildman–Crippen MR) is 50.7 cm³/mol. The van der Waals surface area contributed by atoms with Gasteiger partial charge in [0.05, 0.1) is 12.5 Å². The van der Waals surface area contributed by atoms with Gasteiger partial charge in [-0.05, 0) is 19.8 Å². The first-order valence-electron chi connectivity index (χ1n) is 3.99. The van der Waals surface area contributed by atoms with Crippen LogP contribution in [0.2, 0.25) is 0 Å². The van der Waals surface area contributed by atoms with E-state index >= 15 is 0 Å². The van der Waals surface area contributed by atoms with Gasteiger partial charge in [0.15, 0.2) is 0 Å². The van der Waals surface area contributed by atoms with Crippen LogP contribution in [0.3, 0.4) is 0 Å². The summed E-state index contributed by atoms with van der Waals surface area (Å²) in [4.78, 5) is 10.2. The van der Waals surface area contributed by atoms with E-state index in [1.54, 1.807) is 7.11 Å². The highest BCUT2D eigenvalue weighted by molar-refractivity contribution is 7.81. The number of methoxy groups -OCH3 is 1. The second kappa shape index (κ2) is 6.31. The monoisotopic (exact) mass is 192 g/mol. The summed E-state index contributed by atoms with van der Waals surface area (Å²) >= 11 is 4.15. The van der Waals surface area contributed by atoms with Crippen molar-refractivity contribution < 1.29 is 14.6 Å². The van der Waals surface area contributed by atoms with Gasteiger partial charge in [-0.2, -0.15) is 12.6 Å². The van der Waals surface area contributed by atoms with Crippen molar-refractivity contribution in [2.75, 3.05) is 7.11 Å². The highest BCUT2D eigenvalue weighted by Crippen LogP contribution is 2.11. The molecule has 3 nitrogen and oxygen atoms in total. The van der Waals surface area contributed by atoms with Crippen LogP contribution in [0.5, 0.6) is 0 Å². The molecule has 0 aliphatic carbocycles. The number of carbonyl (C=O) groups is 1. The quantitative estimate of drug-likeness (QED) is 0.628. The highest BCUT2D eigenvalue weighted by Gasteiger charge is 2.09. The average Bonchev–Trinajstić information content (AvgIpc) is 1.99. The Morgan fingerprint density at radius 3 is 2.58 bits per heavy atom. The summed E-state index contributed by atoms with van der Waals surface area (Å²) in [6.07, 6.45) is 1.95. The van der Waals surface area contributed by atoms with Crippen LogP contribution in [0.1, 0.15) is 26.2 Å². The normalized spacial score (nSPS) is 15.6. The second-order valence-electron chi connectivity index (χ2n) is 2.88. The molecule has 0 saturated carbocycles. The number of hydrogen-bond donors (Lipinski definition) is 2. The smallest absolute Gasteiger partial charge is 0.304 e. The minimum absolute atomic E-state index is 0.0555. The number of aliphatic carboxylic acids is 1. The zero-order valence-corrected chi connectivity index (χ0v) is 8.38. The summed E-state index contributed by atoms with van der Waals surface area (Å²) in [5.41, 5.74) is 0. The highest BCUT2D eigenvalue weighted by atomic mass is 32.1. The largest absolute Gasteiger partial charge is 0.481 e. The van der Waals surface area contributed by atoms with Gasteiger partial charge in [-0.15, -0.1) is 0 Å². The molecule has 0 aromatic carbocycles. The maximum absolute atomic E-state index is 10.2. The SMILES string of the molecule is COC(C)CCC(S)CC(=O)O. The molecule has 4 heteroatoms. The maximum atomic E-state index is 10.2. The van der Waals surface area contributed by atoms with Gasteiger partial charge < -0.3 is 9.84 Å². The molecular weight excluding hydrogens is 176 g/mol. The molecule has 12 heavy (non-hydrogen) atoms. The van der Waals surface area contributed by atoms with Crippen LogP contribution in [-0.4, -0.2) is 29.5 Å². The minimum Gasteiger partial charge on any atom is -0.481 e. The molecule has 1 N–H and O–H groups in total. The van der Waals surface area contributed by atoms with Crippen molar-refractivity contribution in [1.82, 2.24) is 0 Å². The summed E-state index contributed by atoms with van der Waals surface area (Å²) in [7, 11) is 1.65. The van der Waals surface area contributed by atoms with E-state index in [1.165, 1.54) is 0 Å². The number of rotatable bonds is 6. The molecule has 0 aliphatic rings. The Morgan fingerprint density at radius 1 is 1.58 bits per heavy atom. The molecule has 0 rings (SSSR count). The molecule has 0 aliphatic heterocycles. The van der Waals surface area contributed by atoms with E-state index in [2.05, 4.69) is 12.6 Å². The zero-order chi connectivity index (χ0) is 9.56. The molecule has 0 bridgehead atoms.